The molecule has 1 saturated heterocycles. The number of carbonyl (C=O) groups excluding carboxylic acids is 1. The van der Waals surface area contributed by atoms with Gasteiger partial charge in [-0.2, -0.15) is 0 Å². The molecule has 0 saturated carbocycles. The van der Waals surface area contributed by atoms with E-state index < -0.39 is 5.82 Å². The van der Waals surface area contributed by atoms with E-state index in [2.05, 4.69) is 21.2 Å². The average Bonchev–Trinajstić information content (AvgIpc) is 2.43. The summed E-state index contributed by atoms with van der Waals surface area (Å²) >= 11 is 3.25. The van der Waals surface area contributed by atoms with Crippen molar-refractivity contribution in [1.29, 1.82) is 0 Å². The molecule has 0 spiro atoms. The van der Waals surface area contributed by atoms with Gasteiger partial charge in [-0.1, -0.05) is 15.9 Å². The van der Waals surface area contributed by atoms with Crippen LogP contribution in [0.25, 0.3) is 0 Å². The van der Waals surface area contributed by atoms with Gasteiger partial charge in [0.05, 0.1) is 11.8 Å². The molecule has 2 rings (SSSR count). The molecule has 1 aliphatic rings. The first kappa shape index (κ1) is 15.3. The maximum Gasteiger partial charge on any atom is 0.321 e. The van der Waals surface area contributed by atoms with Crippen molar-refractivity contribution in [3.8, 4) is 0 Å². The van der Waals surface area contributed by atoms with Gasteiger partial charge in [0.15, 0.2) is 0 Å². The maximum absolute atomic E-state index is 13.6. The van der Waals surface area contributed by atoms with E-state index in [1.54, 1.807) is 17.9 Å². The summed E-state index contributed by atoms with van der Waals surface area (Å²) in [6, 6.07) is 4.12. The van der Waals surface area contributed by atoms with E-state index in [1.165, 1.54) is 12.1 Å². The number of nitrogens with one attached hydrogen (secondary N) is 1. The summed E-state index contributed by atoms with van der Waals surface area (Å²) in [5.41, 5.74) is 0.169. The molecule has 110 valence electrons. The molecule has 6 heteroatoms. The van der Waals surface area contributed by atoms with Gasteiger partial charge in [-0.05, 0) is 43.9 Å². The fraction of sp³-hybridized carbons (Fsp3) is 0.500. The molecule has 20 heavy (non-hydrogen) atoms. The lowest BCUT2D eigenvalue weighted by Crippen LogP contribution is -2.42. The van der Waals surface area contributed by atoms with Gasteiger partial charge < -0.3 is 15.3 Å². The number of urea groups is 1. The second-order valence-corrected chi connectivity index (χ2v) is 6.04. The number of likely N-dealkylation sites (tertiary alicyclic amines) is 1. The number of piperidine rings is 1. The highest BCUT2D eigenvalue weighted by Crippen LogP contribution is 2.23. The largest absolute Gasteiger partial charge is 0.393 e. The molecule has 0 bridgehead atoms. The Balaban J connectivity index is 1.94. The van der Waals surface area contributed by atoms with Crippen molar-refractivity contribution < 1.29 is 14.3 Å². The fourth-order valence-corrected chi connectivity index (χ4v) is 2.73. The Morgan fingerprint density at radius 3 is 2.75 bits per heavy atom. The van der Waals surface area contributed by atoms with Crippen molar-refractivity contribution in [2.45, 2.75) is 25.9 Å². The second-order valence-electron chi connectivity index (χ2n) is 5.12. The maximum atomic E-state index is 13.6. The number of amides is 2. The van der Waals surface area contributed by atoms with Gasteiger partial charge in [0, 0.05) is 17.6 Å². The lowest BCUT2D eigenvalue weighted by atomic mass is 9.92. The van der Waals surface area contributed by atoms with Crippen LogP contribution in [-0.4, -0.2) is 35.2 Å². The van der Waals surface area contributed by atoms with Gasteiger partial charge in [-0.3, -0.25) is 0 Å². The summed E-state index contributed by atoms with van der Waals surface area (Å²) in [6.07, 6.45) is 1.20. The number of nitrogens with zero attached hydrogens (tertiary/aromatic N) is 1. The first-order valence-corrected chi connectivity index (χ1v) is 7.45. The fourth-order valence-electron chi connectivity index (χ4n) is 2.37. The quantitative estimate of drug-likeness (QED) is 0.865. The topological polar surface area (TPSA) is 52.6 Å². The van der Waals surface area contributed by atoms with E-state index in [0.29, 0.717) is 17.6 Å². The van der Waals surface area contributed by atoms with Crippen LogP contribution in [0.5, 0.6) is 0 Å². The number of aliphatic hydroxyl groups is 1. The highest BCUT2D eigenvalue weighted by atomic mass is 79.9. The number of benzene rings is 1. The van der Waals surface area contributed by atoms with E-state index in [0.717, 1.165) is 12.8 Å². The molecule has 1 fully saturated rings. The Morgan fingerprint density at radius 2 is 2.15 bits per heavy atom. The number of carbonyl (C=O) groups is 1. The first-order valence-electron chi connectivity index (χ1n) is 6.66. The van der Waals surface area contributed by atoms with E-state index in [9.17, 15) is 14.3 Å². The van der Waals surface area contributed by atoms with Gasteiger partial charge in [-0.15, -0.1) is 0 Å². The van der Waals surface area contributed by atoms with Crippen LogP contribution < -0.4 is 5.32 Å². The monoisotopic (exact) mass is 344 g/mol. The third-order valence-corrected chi connectivity index (χ3v) is 4.17. The van der Waals surface area contributed by atoms with E-state index in [-0.39, 0.29) is 23.7 Å². The van der Waals surface area contributed by atoms with Gasteiger partial charge in [0.25, 0.3) is 0 Å². The Labute approximate surface area is 126 Å². The molecule has 1 atom stereocenters. The van der Waals surface area contributed by atoms with Crippen LogP contribution in [0.1, 0.15) is 19.8 Å². The van der Waals surface area contributed by atoms with Crippen molar-refractivity contribution in [1.82, 2.24) is 4.90 Å². The van der Waals surface area contributed by atoms with Gasteiger partial charge in [-0.25, -0.2) is 9.18 Å². The molecule has 0 aromatic heterocycles. The van der Waals surface area contributed by atoms with Crippen molar-refractivity contribution in [3.05, 3.63) is 28.5 Å². The Hall–Kier alpha value is -1.14. The zero-order valence-corrected chi connectivity index (χ0v) is 12.9. The number of hydrogen-bond donors (Lipinski definition) is 2. The van der Waals surface area contributed by atoms with Crippen LogP contribution in [0.4, 0.5) is 14.9 Å². The molecule has 2 amide bonds. The molecule has 1 heterocycles. The van der Waals surface area contributed by atoms with E-state index in [1.807, 2.05) is 0 Å². The lowest BCUT2D eigenvalue weighted by molar-refractivity contribution is 0.0820. The van der Waals surface area contributed by atoms with Crippen LogP contribution in [0, 0.1) is 11.7 Å². The van der Waals surface area contributed by atoms with Gasteiger partial charge in [0.2, 0.25) is 0 Å². The standard InChI is InChI=1S/C14H18BrFN2O2/c1-9(19)10-4-6-18(7-5-10)14(20)17-13-8-11(15)2-3-12(13)16/h2-3,8-10,19H,4-7H2,1H3,(H,17,20). The SMILES string of the molecule is CC(O)C1CCN(C(=O)Nc2cc(Br)ccc2F)CC1. The average molecular weight is 345 g/mol. The minimum atomic E-state index is -0.458. The lowest BCUT2D eigenvalue weighted by Gasteiger charge is -2.33. The number of aliphatic hydroxyl groups excluding tert-OH is 1. The molecular weight excluding hydrogens is 327 g/mol. The Morgan fingerprint density at radius 1 is 1.50 bits per heavy atom. The van der Waals surface area contributed by atoms with E-state index in [4.69, 9.17) is 0 Å². The summed E-state index contributed by atoms with van der Waals surface area (Å²) in [6.45, 7) is 2.94. The summed E-state index contributed by atoms with van der Waals surface area (Å²) in [7, 11) is 0. The zero-order valence-electron chi connectivity index (χ0n) is 11.3. The zero-order chi connectivity index (χ0) is 14.7. The molecule has 2 N–H and O–H groups in total. The van der Waals surface area contributed by atoms with E-state index >= 15 is 0 Å². The van der Waals surface area contributed by atoms with Crippen molar-refractivity contribution in [2.24, 2.45) is 5.92 Å². The molecule has 1 aromatic carbocycles. The van der Waals surface area contributed by atoms with Crippen LogP contribution in [-0.2, 0) is 0 Å². The van der Waals surface area contributed by atoms with Crippen LogP contribution in [0.2, 0.25) is 0 Å². The normalized spacial score (nSPS) is 17.9. The van der Waals surface area contributed by atoms with Crippen LogP contribution in [0.3, 0.4) is 0 Å². The molecule has 1 aliphatic heterocycles. The highest BCUT2D eigenvalue weighted by molar-refractivity contribution is 9.10. The number of hydrogen-bond acceptors (Lipinski definition) is 2. The highest BCUT2D eigenvalue weighted by Gasteiger charge is 2.25. The minimum Gasteiger partial charge on any atom is -0.393 e. The molecule has 1 aromatic rings. The number of rotatable bonds is 2. The molecular formula is C14H18BrFN2O2. The third kappa shape index (κ3) is 3.70. The summed E-state index contributed by atoms with van der Waals surface area (Å²) in [5.74, 6) is -0.220. The Kier molecular flexibility index (Phi) is 4.99. The van der Waals surface area contributed by atoms with Crippen LogP contribution >= 0.6 is 15.9 Å². The molecule has 1 unspecified atom stereocenters. The number of anilines is 1. The predicted molar refractivity (Wildman–Crippen MR) is 79.1 cm³/mol. The summed E-state index contributed by atoms with van der Waals surface area (Å²) in [5, 5.41) is 12.1. The van der Waals surface area contributed by atoms with Gasteiger partial charge >= 0.3 is 6.03 Å². The van der Waals surface area contributed by atoms with Crippen molar-refractivity contribution in [3.63, 3.8) is 0 Å². The molecule has 4 nitrogen and oxygen atoms in total. The second kappa shape index (κ2) is 6.54. The number of halogens is 2. The van der Waals surface area contributed by atoms with Crippen LogP contribution in [0.15, 0.2) is 22.7 Å². The van der Waals surface area contributed by atoms with Crippen molar-refractivity contribution >= 4 is 27.6 Å². The Bertz CT molecular complexity index is 488. The smallest absolute Gasteiger partial charge is 0.321 e. The minimum absolute atomic E-state index is 0.169. The van der Waals surface area contributed by atoms with Crippen molar-refractivity contribution in [2.75, 3.05) is 18.4 Å². The molecule has 0 radical (unpaired) electrons. The molecule has 0 aliphatic carbocycles. The first-order chi connectivity index (χ1) is 9.47. The van der Waals surface area contributed by atoms with Gasteiger partial charge in [0.1, 0.15) is 5.82 Å². The predicted octanol–water partition coefficient (Wildman–Crippen LogP) is 3.21. The summed E-state index contributed by atoms with van der Waals surface area (Å²) in [4.78, 5) is 13.7. The third-order valence-electron chi connectivity index (χ3n) is 3.68. The summed E-state index contributed by atoms with van der Waals surface area (Å²) < 4.78 is 14.3.